The molecule has 0 spiro atoms. The van der Waals surface area contributed by atoms with Crippen LogP contribution in [0.3, 0.4) is 0 Å². The fraction of sp³-hybridized carbons (Fsp3) is 0.200. The summed E-state index contributed by atoms with van der Waals surface area (Å²) in [5.74, 6) is 0.585. The summed E-state index contributed by atoms with van der Waals surface area (Å²) in [6, 6.07) is 15.0. The first-order valence-electron chi connectivity index (χ1n) is 8.29. The molecule has 1 atom stereocenters. The van der Waals surface area contributed by atoms with E-state index in [9.17, 15) is 4.79 Å². The Labute approximate surface area is 146 Å². The highest BCUT2D eigenvalue weighted by Gasteiger charge is 2.14. The zero-order chi connectivity index (χ0) is 17.8. The van der Waals surface area contributed by atoms with Crippen molar-refractivity contribution in [3.8, 4) is 11.5 Å². The van der Waals surface area contributed by atoms with Crippen LogP contribution >= 0.6 is 0 Å². The van der Waals surface area contributed by atoms with Crippen molar-refractivity contribution in [2.75, 3.05) is 11.1 Å². The van der Waals surface area contributed by atoms with Crippen molar-refractivity contribution in [1.82, 2.24) is 4.98 Å². The second-order valence-electron chi connectivity index (χ2n) is 6.05. The van der Waals surface area contributed by atoms with Gasteiger partial charge in [0.25, 0.3) is 5.91 Å². The van der Waals surface area contributed by atoms with Gasteiger partial charge in [-0.15, -0.1) is 0 Å². The predicted molar refractivity (Wildman–Crippen MR) is 99.5 cm³/mol. The summed E-state index contributed by atoms with van der Waals surface area (Å²) in [5.41, 5.74) is 9.32. The van der Waals surface area contributed by atoms with E-state index < -0.39 is 0 Å². The molecule has 2 aromatic carbocycles. The van der Waals surface area contributed by atoms with E-state index in [-0.39, 0.29) is 11.6 Å². The number of oxazole rings is 1. The Morgan fingerprint density at radius 3 is 2.48 bits per heavy atom. The molecule has 3 N–H and O–H groups in total. The standard InChI is InChI=1S/C20H21N3O2/c1-3-13(2)14-6-10-17(11-7-14)22-19(24)18-12-25-20(23-18)15-4-8-16(21)9-5-15/h4-13H,3,21H2,1-2H3,(H,22,24). The van der Waals surface area contributed by atoms with Gasteiger partial charge in [-0.05, 0) is 54.3 Å². The molecule has 3 aromatic rings. The fourth-order valence-corrected chi connectivity index (χ4v) is 2.46. The third-order valence-corrected chi connectivity index (χ3v) is 4.24. The molecule has 25 heavy (non-hydrogen) atoms. The lowest BCUT2D eigenvalue weighted by atomic mass is 9.99. The molecule has 0 bridgehead atoms. The van der Waals surface area contributed by atoms with Gasteiger partial charge < -0.3 is 15.5 Å². The Balaban J connectivity index is 1.70. The maximum Gasteiger partial charge on any atom is 0.277 e. The molecule has 0 saturated heterocycles. The van der Waals surface area contributed by atoms with E-state index in [2.05, 4.69) is 24.1 Å². The first kappa shape index (κ1) is 16.8. The number of carbonyl (C=O) groups is 1. The summed E-state index contributed by atoms with van der Waals surface area (Å²) in [7, 11) is 0. The molecular formula is C20H21N3O2. The molecule has 0 fully saturated rings. The molecule has 1 unspecified atom stereocenters. The van der Waals surface area contributed by atoms with Gasteiger partial charge in [0.15, 0.2) is 5.69 Å². The van der Waals surface area contributed by atoms with Gasteiger partial charge in [-0.1, -0.05) is 26.0 Å². The van der Waals surface area contributed by atoms with Crippen molar-refractivity contribution < 1.29 is 9.21 Å². The van der Waals surface area contributed by atoms with Gasteiger partial charge in [0.05, 0.1) is 0 Å². The van der Waals surface area contributed by atoms with Crippen molar-refractivity contribution in [2.24, 2.45) is 0 Å². The maximum atomic E-state index is 12.3. The third kappa shape index (κ3) is 3.88. The van der Waals surface area contributed by atoms with Crippen LogP contribution in [0.2, 0.25) is 0 Å². The Morgan fingerprint density at radius 1 is 1.16 bits per heavy atom. The van der Waals surface area contributed by atoms with E-state index in [1.807, 2.05) is 24.3 Å². The molecule has 0 aliphatic carbocycles. The molecule has 1 amide bonds. The van der Waals surface area contributed by atoms with Gasteiger partial charge in [0.1, 0.15) is 6.26 Å². The fourth-order valence-electron chi connectivity index (χ4n) is 2.46. The second kappa shape index (κ2) is 7.21. The van der Waals surface area contributed by atoms with E-state index in [4.69, 9.17) is 10.2 Å². The summed E-state index contributed by atoms with van der Waals surface area (Å²) in [6.45, 7) is 4.34. The minimum Gasteiger partial charge on any atom is -0.444 e. The summed E-state index contributed by atoms with van der Waals surface area (Å²) in [5, 5.41) is 2.83. The summed E-state index contributed by atoms with van der Waals surface area (Å²) >= 11 is 0. The minimum absolute atomic E-state index is 0.234. The molecule has 0 saturated carbocycles. The average molecular weight is 335 g/mol. The normalized spacial score (nSPS) is 11.9. The number of nitrogens with zero attached hydrogens (tertiary/aromatic N) is 1. The number of carbonyl (C=O) groups excluding carboxylic acids is 1. The topological polar surface area (TPSA) is 81.2 Å². The van der Waals surface area contributed by atoms with Gasteiger partial charge in [-0.2, -0.15) is 0 Å². The van der Waals surface area contributed by atoms with Crippen LogP contribution in [0.4, 0.5) is 11.4 Å². The van der Waals surface area contributed by atoms with Gasteiger partial charge in [-0.25, -0.2) is 4.98 Å². The van der Waals surface area contributed by atoms with E-state index in [0.29, 0.717) is 17.5 Å². The monoisotopic (exact) mass is 335 g/mol. The Hall–Kier alpha value is -3.08. The van der Waals surface area contributed by atoms with Crippen LogP contribution in [0, 0.1) is 0 Å². The second-order valence-corrected chi connectivity index (χ2v) is 6.05. The van der Waals surface area contributed by atoms with Crippen molar-refractivity contribution >= 4 is 17.3 Å². The van der Waals surface area contributed by atoms with Crippen molar-refractivity contribution in [3.63, 3.8) is 0 Å². The van der Waals surface area contributed by atoms with Crippen LogP contribution in [-0.2, 0) is 0 Å². The molecule has 5 heteroatoms. The minimum atomic E-state index is -0.304. The van der Waals surface area contributed by atoms with E-state index in [1.165, 1.54) is 11.8 Å². The number of hydrogen-bond donors (Lipinski definition) is 2. The lowest BCUT2D eigenvalue weighted by Crippen LogP contribution is -2.12. The number of rotatable bonds is 5. The van der Waals surface area contributed by atoms with E-state index >= 15 is 0 Å². The maximum absolute atomic E-state index is 12.3. The number of anilines is 2. The highest BCUT2D eigenvalue weighted by molar-refractivity contribution is 6.02. The summed E-state index contributed by atoms with van der Waals surface area (Å²) in [4.78, 5) is 16.6. The van der Waals surface area contributed by atoms with Crippen LogP contribution in [0.1, 0.15) is 42.2 Å². The number of nitrogen functional groups attached to an aromatic ring is 1. The number of nitrogens with one attached hydrogen (secondary N) is 1. The molecular weight excluding hydrogens is 314 g/mol. The van der Waals surface area contributed by atoms with Gasteiger partial charge in [0, 0.05) is 16.9 Å². The van der Waals surface area contributed by atoms with E-state index in [1.54, 1.807) is 24.3 Å². The van der Waals surface area contributed by atoms with Gasteiger partial charge in [-0.3, -0.25) is 4.79 Å². The summed E-state index contributed by atoms with van der Waals surface area (Å²) in [6.07, 6.45) is 2.44. The number of hydrogen-bond acceptors (Lipinski definition) is 4. The molecule has 5 nitrogen and oxygen atoms in total. The smallest absolute Gasteiger partial charge is 0.277 e. The number of nitrogens with two attached hydrogens (primary N) is 1. The molecule has 1 aromatic heterocycles. The lowest BCUT2D eigenvalue weighted by Gasteiger charge is -2.10. The Morgan fingerprint density at radius 2 is 1.84 bits per heavy atom. The van der Waals surface area contributed by atoms with Crippen LogP contribution in [-0.4, -0.2) is 10.9 Å². The molecule has 0 aliphatic heterocycles. The number of benzene rings is 2. The Kier molecular flexibility index (Phi) is 4.84. The van der Waals surface area contributed by atoms with Crippen LogP contribution in [0.5, 0.6) is 0 Å². The lowest BCUT2D eigenvalue weighted by molar-refractivity contribution is 0.102. The van der Waals surface area contributed by atoms with Crippen LogP contribution in [0.15, 0.2) is 59.2 Å². The quantitative estimate of drug-likeness (QED) is 0.663. The highest BCUT2D eigenvalue weighted by Crippen LogP contribution is 2.22. The van der Waals surface area contributed by atoms with Crippen molar-refractivity contribution in [3.05, 3.63) is 66.1 Å². The molecule has 0 radical (unpaired) electrons. The van der Waals surface area contributed by atoms with Crippen LogP contribution in [0.25, 0.3) is 11.5 Å². The van der Waals surface area contributed by atoms with Crippen molar-refractivity contribution in [2.45, 2.75) is 26.2 Å². The highest BCUT2D eigenvalue weighted by atomic mass is 16.3. The molecule has 3 rings (SSSR count). The predicted octanol–water partition coefficient (Wildman–Crippen LogP) is 4.69. The van der Waals surface area contributed by atoms with Crippen LogP contribution < -0.4 is 11.1 Å². The molecule has 128 valence electrons. The zero-order valence-electron chi connectivity index (χ0n) is 14.3. The first-order valence-corrected chi connectivity index (χ1v) is 8.29. The van der Waals surface area contributed by atoms with Gasteiger partial charge in [0.2, 0.25) is 5.89 Å². The average Bonchev–Trinajstić information content (AvgIpc) is 3.12. The first-order chi connectivity index (χ1) is 12.1. The molecule has 1 heterocycles. The number of aromatic nitrogens is 1. The summed E-state index contributed by atoms with van der Waals surface area (Å²) < 4.78 is 5.40. The zero-order valence-corrected chi connectivity index (χ0v) is 14.3. The SMILES string of the molecule is CCC(C)c1ccc(NC(=O)c2coc(-c3ccc(N)cc3)n2)cc1. The third-order valence-electron chi connectivity index (χ3n) is 4.24. The van der Waals surface area contributed by atoms with Gasteiger partial charge >= 0.3 is 0 Å². The molecule has 0 aliphatic rings. The Bertz CT molecular complexity index is 851. The van der Waals surface area contributed by atoms with Crippen molar-refractivity contribution in [1.29, 1.82) is 0 Å². The number of amides is 1. The largest absolute Gasteiger partial charge is 0.444 e. The van der Waals surface area contributed by atoms with E-state index in [0.717, 1.165) is 17.7 Å².